The quantitative estimate of drug-likeness (QED) is 0.854. The highest BCUT2D eigenvalue weighted by atomic mass is 32.1. The lowest BCUT2D eigenvalue weighted by molar-refractivity contribution is -0.137. The highest BCUT2D eigenvalue weighted by Crippen LogP contribution is 2.38. The Morgan fingerprint density at radius 2 is 1.87 bits per heavy atom. The summed E-state index contributed by atoms with van der Waals surface area (Å²) in [6, 6.07) is 0. The number of thiophene rings is 1. The van der Waals surface area contributed by atoms with Crippen molar-refractivity contribution in [3.8, 4) is 0 Å². The van der Waals surface area contributed by atoms with E-state index in [9.17, 15) is 14.4 Å². The number of fused-ring (bicyclic) bond motifs is 1. The molecule has 0 aromatic carbocycles. The molecule has 1 aliphatic carbocycles. The summed E-state index contributed by atoms with van der Waals surface area (Å²) in [6.07, 6.45) is 2.94. The molecule has 2 amide bonds. The molecular weight excluding hydrogens is 316 g/mol. The molecule has 1 aromatic rings. The highest BCUT2D eigenvalue weighted by molar-refractivity contribution is 7.17. The maximum atomic E-state index is 12.6. The zero-order valence-electron chi connectivity index (χ0n) is 13.9. The number of carbonyl (C=O) groups excluding carboxylic acids is 3. The molecule has 1 heterocycles. The first kappa shape index (κ1) is 17.5. The van der Waals surface area contributed by atoms with Gasteiger partial charge in [0.2, 0.25) is 5.91 Å². The molecule has 1 aromatic heterocycles. The van der Waals surface area contributed by atoms with Crippen molar-refractivity contribution in [1.29, 1.82) is 0 Å². The van der Waals surface area contributed by atoms with Gasteiger partial charge in [0.1, 0.15) is 5.00 Å². The number of aryl methyl sites for hydroxylation is 1. The van der Waals surface area contributed by atoms with Crippen LogP contribution in [0.15, 0.2) is 0 Å². The van der Waals surface area contributed by atoms with Crippen LogP contribution in [-0.2, 0) is 27.2 Å². The van der Waals surface area contributed by atoms with Gasteiger partial charge < -0.3 is 15.0 Å². The summed E-state index contributed by atoms with van der Waals surface area (Å²) in [4.78, 5) is 38.4. The van der Waals surface area contributed by atoms with Crippen LogP contribution in [0.2, 0.25) is 0 Å². The van der Waals surface area contributed by atoms with Gasteiger partial charge >= 0.3 is 5.97 Å². The molecule has 0 unspecified atom stereocenters. The van der Waals surface area contributed by atoms with Crippen molar-refractivity contribution < 1.29 is 19.1 Å². The summed E-state index contributed by atoms with van der Waals surface area (Å²) >= 11 is 1.43. The average molecular weight is 338 g/mol. The van der Waals surface area contributed by atoms with Crippen molar-refractivity contribution in [1.82, 2.24) is 4.90 Å². The van der Waals surface area contributed by atoms with E-state index in [0.717, 1.165) is 36.1 Å². The van der Waals surface area contributed by atoms with Gasteiger partial charge in [0.25, 0.3) is 5.91 Å². The van der Waals surface area contributed by atoms with Gasteiger partial charge in [-0.05, 0) is 38.2 Å². The van der Waals surface area contributed by atoms with Crippen molar-refractivity contribution in [2.45, 2.75) is 45.6 Å². The van der Waals surface area contributed by atoms with E-state index in [1.54, 1.807) is 21.0 Å². The number of likely N-dealkylation sites (N-methyl/N-ethyl adjacent to an activating group) is 1. The van der Waals surface area contributed by atoms with Crippen molar-refractivity contribution in [2.75, 3.05) is 19.4 Å². The highest BCUT2D eigenvalue weighted by Gasteiger charge is 2.29. The van der Waals surface area contributed by atoms with E-state index in [2.05, 4.69) is 5.32 Å². The smallest absolute Gasteiger partial charge is 0.342 e. The summed E-state index contributed by atoms with van der Waals surface area (Å²) in [5.74, 6) is -1.05. The number of amides is 2. The molecule has 1 atom stereocenters. The Morgan fingerprint density at radius 1 is 1.22 bits per heavy atom. The number of nitrogens with zero attached hydrogens (tertiary/aromatic N) is 1. The second-order valence-electron chi connectivity index (χ2n) is 5.88. The van der Waals surface area contributed by atoms with Crippen molar-refractivity contribution in [2.24, 2.45) is 0 Å². The van der Waals surface area contributed by atoms with E-state index in [1.807, 2.05) is 0 Å². The Kier molecular flexibility index (Phi) is 5.41. The molecular formula is C16H22N2O4S. The van der Waals surface area contributed by atoms with Crippen LogP contribution >= 0.6 is 11.3 Å². The number of anilines is 1. The molecule has 23 heavy (non-hydrogen) atoms. The molecule has 1 N–H and O–H groups in total. The monoisotopic (exact) mass is 338 g/mol. The first-order chi connectivity index (χ1) is 10.8. The Bertz CT molecular complexity index is 636. The summed E-state index contributed by atoms with van der Waals surface area (Å²) in [5, 5.41) is 3.25. The summed E-state index contributed by atoms with van der Waals surface area (Å²) in [7, 11) is 3.23. The molecule has 0 saturated heterocycles. The second kappa shape index (κ2) is 7.12. The number of hydrogen-bond donors (Lipinski definition) is 1. The van der Waals surface area contributed by atoms with Gasteiger partial charge in [-0.15, -0.1) is 11.3 Å². The fourth-order valence-electron chi connectivity index (χ4n) is 2.66. The molecule has 0 spiro atoms. The van der Waals surface area contributed by atoms with Crippen LogP contribution in [0.4, 0.5) is 5.00 Å². The van der Waals surface area contributed by atoms with Gasteiger partial charge in [0.05, 0.1) is 5.56 Å². The number of esters is 1. The van der Waals surface area contributed by atoms with Gasteiger partial charge in [0.15, 0.2) is 6.10 Å². The van der Waals surface area contributed by atoms with Gasteiger partial charge in [-0.1, -0.05) is 0 Å². The lowest BCUT2D eigenvalue weighted by Crippen LogP contribution is -2.35. The third-order valence-electron chi connectivity index (χ3n) is 3.74. The molecule has 0 bridgehead atoms. The van der Waals surface area contributed by atoms with Gasteiger partial charge in [-0.3, -0.25) is 9.59 Å². The number of carbonyl (C=O) groups is 3. The topological polar surface area (TPSA) is 75.7 Å². The minimum Gasteiger partial charge on any atom is -0.449 e. The number of nitrogens with one attached hydrogen (secondary N) is 1. The minimum atomic E-state index is -0.859. The predicted molar refractivity (Wildman–Crippen MR) is 88.8 cm³/mol. The first-order valence-electron chi connectivity index (χ1n) is 7.65. The first-order valence-corrected chi connectivity index (χ1v) is 8.47. The second-order valence-corrected chi connectivity index (χ2v) is 6.98. The molecule has 0 fully saturated rings. The number of rotatable bonds is 4. The summed E-state index contributed by atoms with van der Waals surface area (Å²) in [6.45, 7) is 2.96. The summed E-state index contributed by atoms with van der Waals surface area (Å²) < 4.78 is 5.33. The fraction of sp³-hybridized carbons (Fsp3) is 0.562. The zero-order valence-corrected chi connectivity index (χ0v) is 14.7. The van der Waals surface area contributed by atoms with E-state index in [-0.39, 0.29) is 11.8 Å². The molecule has 0 saturated carbocycles. The molecule has 0 radical (unpaired) electrons. The van der Waals surface area contributed by atoms with Crippen molar-refractivity contribution in [3.05, 3.63) is 16.0 Å². The van der Waals surface area contributed by atoms with E-state index >= 15 is 0 Å². The molecule has 1 aliphatic rings. The maximum Gasteiger partial charge on any atom is 0.342 e. The van der Waals surface area contributed by atoms with Crippen LogP contribution in [0.1, 0.15) is 47.5 Å². The lowest BCUT2D eigenvalue weighted by Gasteiger charge is -2.18. The average Bonchev–Trinajstić information content (AvgIpc) is 2.82. The Hall–Kier alpha value is -1.89. The summed E-state index contributed by atoms with van der Waals surface area (Å²) in [5.41, 5.74) is 1.37. The van der Waals surface area contributed by atoms with Crippen LogP contribution in [0.25, 0.3) is 0 Å². The van der Waals surface area contributed by atoms with Crippen LogP contribution in [0, 0.1) is 0 Å². The predicted octanol–water partition coefficient (Wildman–Crippen LogP) is 2.22. The van der Waals surface area contributed by atoms with Crippen LogP contribution in [0.5, 0.6) is 0 Å². The molecule has 0 aliphatic heterocycles. The molecule has 2 rings (SSSR count). The minimum absolute atomic E-state index is 0.227. The van der Waals surface area contributed by atoms with E-state index in [4.69, 9.17) is 4.74 Å². The maximum absolute atomic E-state index is 12.6. The van der Waals surface area contributed by atoms with Gasteiger partial charge in [-0.25, -0.2) is 4.79 Å². The molecule has 126 valence electrons. The van der Waals surface area contributed by atoms with Crippen LogP contribution < -0.4 is 5.32 Å². The van der Waals surface area contributed by atoms with E-state index in [0.29, 0.717) is 10.6 Å². The number of hydrogen-bond acceptors (Lipinski definition) is 5. The number of ether oxygens (including phenoxy) is 1. The van der Waals surface area contributed by atoms with Crippen molar-refractivity contribution >= 4 is 34.1 Å². The van der Waals surface area contributed by atoms with Gasteiger partial charge in [0, 0.05) is 25.9 Å². The largest absolute Gasteiger partial charge is 0.449 e. The zero-order chi connectivity index (χ0) is 17.1. The Labute approximate surface area is 139 Å². The Morgan fingerprint density at radius 3 is 2.48 bits per heavy atom. The lowest BCUT2D eigenvalue weighted by atomic mass is 9.95. The van der Waals surface area contributed by atoms with E-state index in [1.165, 1.54) is 23.2 Å². The molecule has 7 heteroatoms. The van der Waals surface area contributed by atoms with Crippen LogP contribution in [0.3, 0.4) is 0 Å². The van der Waals surface area contributed by atoms with Crippen molar-refractivity contribution in [3.63, 3.8) is 0 Å². The van der Waals surface area contributed by atoms with Crippen LogP contribution in [-0.4, -0.2) is 42.9 Å². The Balaban J connectivity index is 2.29. The molecule has 6 nitrogen and oxygen atoms in total. The fourth-order valence-corrected chi connectivity index (χ4v) is 3.99. The van der Waals surface area contributed by atoms with Gasteiger partial charge in [-0.2, -0.15) is 0 Å². The third-order valence-corrected chi connectivity index (χ3v) is 4.94. The normalized spacial score (nSPS) is 14.6. The third kappa shape index (κ3) is 3.90. The SMILES string of the molecule is CC(=O)Nc1sc2c(c1C(=O)O[C@H](C)C(=O)N(C)C)CCCC2. The standard InChI is InChI=1S/C16H22N2O4S/c1-9(15(20)18(3)4)22-16(21)13-11-7-5-6-8-12(11)23-14(13)17-10(2)19/h9H,5-8H2,1-4H3,(H,17,19)/t9-/m1/s1. The van der Waals surface area contributed by atoms with E-state index < -0.39 is 12.1 Å².